The van der Waals surface area contributed by atoms with Crippen LogP contribution in [0.2, 0.25) is 0 Å². The van der Waals surface area contributed by atoms with E-state index >= 15 is 0 Å². The van der Waals surface area contributed by atoms with Crippen LogP contribution >= 0.6 is 0 Å². The molecule has 7 nitrogen and oxygen atoms in total. The number of hydrogen-bond donors (Lipinski definition) is 1. The third kappa shape index (κ3) is 2.33. The molecule has 4 heterocycles. The number of phenols is 1. The number of carbonyl (C=O) groups is 1. The number of allylic oxidation sites excluding steroid dienone is 2. The van der Waals surface area contributed by atoms with Gasteiger partial charge in [-0.1, -0.05) is 6.07 Å². The van der Waals surface area contributed by atoms with Gasteiger partial charge in [0.25, 0.3) is 0 Å². The zero-order chi connectivity index (χ0) is 22.5. The lowest BCUT2D eigenvalue weighted by molar-refractivity contribution is -0.113. The summed E-state index contributed by atoms with van der Waals surface area (Å²) in [4.78, 5) is 23.2. The zero-order valence-corrected chi connectivity index (χ0v) is 19.2. The van der Waals surface area contributed by atoms with Crippen LogP contribution in [0.15, 0.2) is 33.5 Å². The summed E-state index contributed by atoms with van der Waals surface area (Å²) < 4.78 is 11.2. The Balaban J connectivity index is 1.50. The first kappa shape index (κ1) is 20.0. The summed E-state index contributed by atoms with van der Waals surface area (Å²) in [7, 11) is 5.38. The van der Waals surface area contributed by atoms with Crippen molar-refractivity contribution in [1.29, 1.82) is 0 Å². The van der Waals surface area contributed by atoms with Crippen LogP contribution in [0.25, 0.3) is 0 Å². The summed E-state index contributed by atoms with van der Waals surface area (Å²) in [5, 5.41) is 11.3. The number of ketones is 1. The Kier molecular flexibility index (Phi) is 4.18. The lowest BCUT2D eigenvalue weighted by Gasteiger charge is -2.57. The molecule has 168 valence electrons. The molecule has 1 saturated heterocycles. The maximum absolute atomic E-state index is 13.4. The van der Waals surface area contributed by atoms with Gasteiger partial charge in [0, 0.05) is 40.9 Å². The molecule has 32 heavy (non-hydrogen) atoms. The van der Waals surface area contributed by atoms with Crippen molar-refractivity contribution in [1.82, 2.24) is 9.80 Å². The molecule has 2 bridgehead atoms. The summed E-state index contributed by atoms with van der Waals surface area (Å²) in [6, 6.07) is 2.69. The van der Waals surface area contributed by atoms with Gasteiger partial charge >= 0.3 is 0 Å². The Morgan fingerprint density at radius 2 is 1.97 bits per heavy atom. The van der Waals surface area contributed by atoms with Gasteiger partial charge in [-0.25, -0.2) is 0 Å². The third-order valence-electron chi connectivity index (χ3n) is 8.27. The number of Topliss-reactive ketones (excluding diaryl/α,β-unsaturated/α-hetero) is 1. The molecule has 0 radical (unpaired) electrons. The molecule has 5 aliphatic rings. The first-order chi connectivity index (χ1) is 15.4. The molecule has 1 aromatic carbocycles. The van der Waals surface area contributed by atoms with Crippen LogP contribution in [0.1, 0.15) is 36.1 Å². The standard InChI is InChI=1S/C25H29N3O4/c1-11-6-13-7-14-10-28-16(21(27(14)3)18(13)23(30)24(11)31-4)8-15-19-17(28)9-26-20(19)25(32-5)12(2)22(15)29/h6,14,16-17,21,30H,7-10H2,1-5H3/t14-,16?,17?,21-/m0/s1. The van der Waals surface area contributed by atoms with Crippen molar-refractivity contribution in [2.75, 3.05) is 34.4 Å². The highest BCUT2D eigenvalue weighted by Crippen LogP contribution is 2.52. The molecule has 0 amide bonds. The maximum Gasteiger partial charge on any atom is 0.188 e. The fourth-order valence-electron chi connectivity index (χ4n) is 6.87. The molecular formula is C25H29N3O4. The maximum atomic E-state index is 13.4. The van der Waals surface area contributed by atoms with Crippen LogP contribution in [-0.2, 0) is 16.0 Å². The van der Waals surface area contributed by atoms with Gasteiger partial charge in [-0.05, 0) is 44.9 Å². The Bertz CT molecular complexity index is 1160. The molecular weight excluding hydrogens is 406 g/mol. The van der Waals surface area contributed by atoms with E-state index in [1.807, 2.05) is 13.8 Å². The molecule has 4 aliphatic heterocycles. The topological polar surface area (TPSA) is 74.6 Å². The van der Waals surface area contributed by atoms with Gasteiger partial charge in [-0.2, -0.15) is 0 Å². The largest absolute Gasteiger partial charge is 0.504 e. The predicted molar refractivity (Wildman–Crippen MR) is 120 cm³/mol. The quantitative estimate of drug-likeness (QED) is 0.719. The summed E-state index contributed by atoms with van der Waals surface area (Å²) in [6.45, 7) is 5.40. The van der Waals surface area contributed by atoms with Crippen LogP contribution in [0, 0.1) is 6.92 Å². The van der Waals surface area contributed by atoms with Crippen molar-refractivity contribution in [2.24, 2.45) is 4.99 Å². The van der Waals surface area contributed by atoms with Gasteiger partial charge in [0.05, 0.1) is 32.8 Å². The van der Waals surface area contributed by atoms with Gasteiger partial charge < -0.3 is 14.6 Å². The zero-order valence-electron chi connectivity index (χ0n) is 19.2. The number of rotatable bonds is 2. The minimum Gasteiger partial charge on any atom is -0.504 e. The summed E-state index contributed by atoms with van der Waals surface area (Å²) >= 11 is 0. The van der Waals surface area contributed by atoms with E-state index in [2.05, 4.69) is 22.9 Å². The lowest BCUT2D eigenvalue weighted by Crippen LogP contribution is -2.65. The van der Waals surface area contributed by atoms with E-state index in [-0.39, 0.29) is 29.7 Å². The van der Waals surface area contributed by atoms with E-state index < -0.39 is 0 Å². The minimum atomic E-state index is -0.00833. The van der Waals surface area contributed by atoms with E-state index in [0.717, 1.165) is 41.0 Å². The Labute approximate surface area is 188 Å². The van der Waals surface area contributed by atoms with E-state index in [4.69, 9.17) is 14.5 Å². The molecule has 1 aromatic rings. The van der Waals surface area contributed by atoms with Crippen molar-refractivity contribution < 1.29 is 19.4 Å². The van der Waals surface area contributed by atoms with Crippen molar-refractivity contribution >= 4 is 11.5 Å². The second kappa shape index (κ2) is 6.68. The summed E-state index contributed by atoms with van der Waals surface area (Å²) in [5.74, 6) is 1.50. The highest BCUT2D eigenvalue weighted by atomic mass is 16.5. The molecule has 0 aromatic heterocycles. The van der Waals surface area contributed by atoms with Crippen molar-refractivity contribution in [2.45, 2.75) is 50.9 Å². The molecule has 7 heteroatoms. The lowest BCUT2D eigenvalue weighted by atomic mass is 9.72. The number of fused-ring (bicyclic) bond motifs is 7. The van der Waals surface area contributed by atoms with Gasteiger partial charge in [-0.15, -0.1) is 0 Å². The van der Waals surface area contributed by atoms with Crippen molar-refractivity contribution in [3.63, 3.8) is 0 Å². The predicted octanol–water partition coefficient (Wildman–Crippen LogP) is 2.32. The van der Waals surface area contributed by atoms with E-state index in [0.29, 0.717) is 36.1 Å². The first-order valence-corrected chi connectivity index (χ1v) is 11.3. The Hall–Kier alpha value is -2.64. The normalized spacial score (nSPS) is 31.3. The van der Waals surface area contributed by atoms with Gasteiger partial charge in [-0.3, -0.25) is 19.6 Å². The number of aliphatic imine (C=N–C) groups is 1. The molecule has 0 saturated carbocycles. The van der Waals surface area contributed by atoms with E-state index in [1.54, 1.807) is 14.2 Å². The Morgan fingerprint density at radius 1 is 1.19 bits per heavy atom. The fourth-order valence-corrected chi connectivity index (χ4v) is 6.87. The number of aromatic hydroxyl groups is 1. The molecule has 2 unspecified atom stereocenters. The average molecular weight is 436 g/mol. The number of benzene rings is 1. The molecule has 1 aliphatic carbocycles. The summed E-state index contributed by atoms with van der Waals surface area (Å²) in [6.07, 6.45) is 1.53. The number of nitrogens with zero attached hydrogens (tertiary/aromatic N) is 3. The highest BCUT2D eigenvalue weighted by molar-refractivity contribution is 6.27. The molecule has 1 N–H and O–H groups in total. The number of carbonyl (C=O) groups excluding carboxylic acids is 1. The van der Waals surface area contributed by atoms with Crippen LogP contribution in [0.5, 0.6) is 11.5 Å². The van der Waals surface area contributed by atoms with Gasteiger partial charge in [0.2, 0.25) is 0 Å². The van der Waals surface area contributed by atoms with Crippen molar-refractivity contribution in [3.05, 3.63) is 45.2 Å². The first-order valence-electron chi connectivity index (χ1n) is 11.3. The number of ether oxygens (including phenoxy) is 2. The third-order valence-corrected chi connectivity index (χ3v) is 8.27. The Morgan fingerprint density at radius 3 is 2.69 bits per heavy atom. The minimum absolute atomic E-state index is 0.00833. The van der Waals surface area contributed by atoms with Crippen LogP contribution in [0.3, 0.4) is 0 Å². The fraction of sp³-hybridized carbons (Fsp3) is 0.520. The average Bonchev–Trinajstić information content (AvgIpc) is 3.19. The monoisotopic (exact) mass is 435 g/mol. The smallest absolute Gasteiger partial charge is 0.188 e. The van der Waals surface area contributed by atoms with Crippen LogP contribution in [-0.4, -0.2) is 78.9 Å². The van der Waals surface area contributed by atoms with Gasteiger partial charge in [0.15, 0.2) is 23.0 Å². The molecule has 6 rings (SSSR count). The van der Waals surface area contributed by atoms with Crippen LogP contribution in [0.4, 0.5) is 0 Å². The van der Waals surface area contributed by atoms with Crippen LogP contribution < -0.4 is 4.74 Å². The number of likely N-dealkylation sites (N-methyl/N-ethyl adjacent to an activating group) is 1. The number of methoxy groups -OCH3 is 2. The highest BCUT2D eigenvalue weighted by Gasteiger charge is 2.54. The van der Waals surface area contributed by atoms with Gasteiger partial charge in [0.1, 0.15) is 5.71 Å². The van der Waals surface area contributed by atoms with E-state index in [1.165, 1.54) is 5.56 Å². The number of phenolic OH excluding ortho intramolecular Hbond substituents is 1. The molecule has 0 spiro atoms. The molecule has 1 fully saturated rings. The number of piperazine rings is 1. The van der Waals surface area contributed by atoms with Crippen molar-refractivity contribution in [3.8, 4) is 11.5 Å². The molecule has 4 atom stereocenters. The number of aryl methyl sites for hydroxylation is 1. The second-order valence-electron chi connectivity index (χ2n) is 9.67. The SMILES string of the molecule is COC1=C(C)C(=O)C2=C3C1=NCC3N1C[C@@H]3Cc4cc(C)c(OC)c(O)c4[C@H](C1C2)N3C. The summed E-state index contributed by atoms with van der Waals surface area (Å²) in [5.41, 5.74) is 6.58. The van der Waals surface area contributed by atoms with E-state index in [9.17, 15) is 9.90 Å². The number of hydrogen-bond acceptors (Lipinski definition) is 7. The second-order valence-corrected chi connectivity index (χ2v) is 9.67.